The first kappa shape index (κ1) is 18.3. The Labute approximate surface area is 157 Å². The minimum absolute atomic E-state index is 0.00222. The average Bonchev–Trinajstić information content (AvgIpc) is 3.31. The smallest absolute Gasteiger partial charge is 0.245 e. The maximum absolute atomic E-state index is 12.8. The second kappa shape index (κ2) is 8.76. The highest BCUT2D eigenvalue weighted by atomic mass is 32.1. The number of hydrogen-bond donors (Lipinski definition) is 1. The first-order chi connectivity index (χ1) is 12.6. The zero-order chi connectivity index (χ0) is 18.4. The largest absolute Gasteiger partial charge is 0.341 e. The molecule has 0 aliphatic carbocycles. The Kier molecular flexibility index (Phi) is 6.17. The Morgan fingerprint density at radius 2 is 2.00 bits per heavy atom. The molecule has 5 nitrogen and oxygen atoms in total. The Balaban J connectivity index is 1.68. The molecule has 1 aliphatic rings. The van der Waals surface area contributed by atoms with Crippen LogP contribution in [-0.2, 0) is 16.0 Å². The molecule has 1 atom stereocenters. The fourth-order valence-corrected chi connectivity index (χ4v) is 3.63. The predicted molar refractivity (Wildman–Crippen MR) is 104 cm³/mol. The van der Waals surface area contributed by atoms with Gasteiger partial charge in [0.15, 0.2) is 0 Å². The summed E-state index contributed by atoms with van der Waals surface area (Å²) >= 11 is 1.54. The third kappa shape index (κ3) is 5.02. The number of rotatable bonds is 6. The van der Waals surface area contributed by atoms with Crippen LogP contribution in [0.3, 0.4) is 0 Å². The number of carbonyl (C=O) groups is 2. The van der Waals surface area contributed by atoms with Crippen molar-refractivity contribution in [1.82, 2.24) is 15.2 Å². The summed E-state index contributed by atoms with van der Waals surface area (Å²) in [5.74, 6) is -0.276. The molecule has 1 fully saturated rings. The van der Waals surface area contributed by atoms with Crippen molar-refractivity contribution >= 4 is 29.2 Å². The van der Waals surface area contributed by atoms with E-state index in [1.54, 1.807) is 6.08 Å². The van der Waals surface area contributed by atoms with E-state index in [9.17, 15) is 9.59 Å². The van der Waals surface area contributed by atoms with Gasteiger partial charge in [-0.25, -0.2) is 4.98 Å². The van der Waals surface area contributed by atoms with Crippen LogP contribution in [0.25, 0.3) is 6.08 Å². The number of aryl methyl sites for hydroxylation is 1. The fraction of sp³-hybridized carbons (Fsp3) is 0.350. The van der Waals surface area contributed by atoms with Crippen molar-refractivity contribution in [2.75, 3.05) is 13.1 Å². The molecule has 0 bridgehead atoms. The van der Waals surface area contributed by atoms with Crippen molar-refractivity contribution in [3.63, 3.8) is 0 Å². The molecule has 0 spiro atoms. The van der Waals surface area contributed by atoms with Gasteiger partial charge in [0, 0.05) is 31.0 Å². The highest BCUT2D eigenvalue weighted by molar-refractivity contribution is 7.09. The molecule has 1 N–H and O–H groups in total. The Hall–Kier alpha value is -2.47. The van der Waals surface area contributed by atoms with E-state index in [-0.39, 0.29) is 11.8 Å². The van der Waals surface area contributed by atoms with Gasteiger partial charge in [-0.05, 0) is 31.4 Å². The molecule has 2 heterocycles. The third-order valence-electron chi connectivity index (χ3n) is 4.36. The number of nitrogens with one attached hydrogen (secondary N) is 1. The second-order valence-corrected chi connectivity index (χ2v) is 7.47. The van der Waals surface area contributed by atoms with Gasteiger partial charge in [0.2, 0.25) is 11.8 Å². The van der Waals surface area contributed by atoms with Crippen molar-refractivity contribution in [2.24, 2.45) is 0 Å². The van der Waals surface area contributed by atoms with E-state index in [4.69, 9.17) is 0 Å². The number of likely N-dealkylation sites (tertiary alicyclic amines) is 1. The molecular formula is C20H23N3O2S. The maximum atomic E-state index is 12.8. The molecule has 3 rings (SSSR count). The summed E-state index contributed by atoms with van der Waals surface area (Å²) in [4.78, 5) is 31.3. The third-order valence-corrected chi connectivity index (χ3v) is 5.15. The van der Waals surface area contributed by atoms with Crippen molar-refractivity contribution < 1.29 is 9.59 Å². The summed E-state index contributed by atoms with van der Waals surface area (Å²) in [6, 6.07) is 9.23. The molecule has 0 radical (unpaired) electrons. The quantitative estimate of drug-likeness (QED) is 0.797. The molecule has 1 aliphatic heterocycles. The number of aromatic nitrogens is 1. The van der Waals surface area contributed by atoms with E-state index < -0.39 is 6.04 Å². The summed E-state index contributed by atoms with van der Waals surface area (Å²) in [6.45, 7) is 3.47. The van der Waals surface area contributed by atoms with E-state index in [0.717, 1.165) is 42.2 Å². The van der Waals surface area contributed by atoms with E-state index in [1.165, 1.54) is 17.4 Å². The monoisotopic (exact) mass is 369 g/mol. The lowest BCUT2D eigenvalue weighted by atomic mass is 10.0. The second-order valence-electron chi connectivity index (χ2n) is 6.41. The van der Waals surface area contributed by atoms with Crippen LogP contribution in [-0.4, -0.2) is 40.8 Å². The Morgan fingerprint density at radius 1 is 1.27 bits per heavy atom. The van der Waals surface area contributed by atoms with Crippen LogP contribution < -0.4 is 5.32 Å². The minimum atomic E-state index is -0.551. The number of thiazole rings is 1. The van der Waals surface area contributed by atoms with E-state index >= 15 is 0 Å². The van der Waals surface area contributed by atoms with E-state index in [0.29, 0.717) is 6.42 Å². The molecule has 2 amide bonds. The van der Waals surface area contributed by atoms with Gasteiger partial charge in [0.05, 0.1) is 10.7 Å². The van der Waals surface area contributed by atoms with Gasteiger partial charge in [-0.3, -0.25) is 9.59 Å². The minimum Gasteiger partial charge on any atom is -0.341 e. The number of nitrogens with zero attached hydrogens (tertiary/aromatic N) is 2. The van der Waals surface area contributed by atoms with Gasteiger partial charge in [0.25, 0.3) is 0 Å². The normalized spacial score (nSPS) is 15.3. The van der Waals surface area contributed by atoms with Gasteiger partial charge in [0.1, 0.15) is 6.04 Å². The lowest BCUT2D eigenvalue weighted by molar-refractivity contribution is -0.134. The highest BCUT2D eigenvalue weighted by Gasteiger charge is 2.27. The maximum Gasteiger partial charge on any atom is 0.245 e. The molecule has 1 aromatic heterocycles. The van der Waals surface area contributed by atoms with Crippen molar-refractivity contribution in [2.45, 2.75) is 32.2 Å². The zero-order valence-electron chi connectivity index (χ0n) is 14.9. The SMILES string of the molecule is Cc1nc(/C=C/C(=O)N[C@@H](Cc2ccccc2)C(=O)N2CCCC2)cs1. The molecule has 26 heavy (non-hydrogen) atoms. The first-order valence-corrected chi connectivity index (χ1v) is 9.73. The highest BCUT2D eigenvalue weighted by Crippen LogP contribution is 2.13. The molecule has 0 saturated carbocycles. The van der Waals surface area contributed by atoms with Crippen LogP contribution in [0.15, 0.2) is 41.8 Å². The van der Waals surface area contributed by atoms with Crippen LogP contribution in [0.1, 0.15) is 29.1 Å². The number of benzene rings is 1. The van der Waals surface area contributed by atoms with Gasteiger partial charge >= 0.3 is 0 Å². The zero-order valence-corrected chi connectivity index (χ0v) is 15.7. The fourth-order valence-electron chi connectivity index (χ4n) is 3.05. The summed E-state index contributed by atoms with van der Waals surface area (Å²) in [5, 5.41) is 5.73. The van der Waals surface area contributed by atoms with Crippen LogP contribution >= 0.6 is 11.3 Å². The topological polar surface area (TPSA) is 62.3 Å². The van der Waals surface area contributed by atoms with E-state index in [1.807, 2.05) is 47.5 Å². The molecule has 2 aromatic rings. The predicted octanol–water partition coefficient (Wildman–Crippen LogP) is 2.81. The van der Waals surface area contributed by atoms with Crippen LogP contribution in [0, 0.1) is 6.92 Å². The van der Waals surface area contributed by atoms with Crippen LogP contribution in [0.5, 0.6) is 0 Å². The van der Waals surface area contributed by atoms with Crippen LogP contribution in [0.4, 0.5) is 0 Å². The van der Waals surface area contributed by atoms with Crippen molar-refractivity contribution in [3.05, 3.63) is 58.1 Å². The molecule has 136 valence electrons. The number of hydrogen-bond acceptors (Lipinski definition) is 4. The van der Waals surface area contributed by atoms with Gasteiger partial charge in [-0.15, -0.1) is 11.3 Å². The molecular weight excluding hydrogens is 346 g/mol. The van der Waals surface area contributed by atoms with Crippen molar-refractivity contribution in [3.8, 4) is 0 Å². The summed E-state index contributed by atoms with van der Waals surface area (Å²) in [5.41, 5.74) is 1.79. The Bertz CT molecular complexity index is 779. The number of carbonyl (C=O) groups excluding carboxylic acids is 2. The lowest BCUT2D eigenvalue weighted by Crippen LogP contribution is -2.48. The molecule has 0 unspecified atom stereocenters. The summed E-state index contributed by atoms with van der Waals surface area (Å²) in [6.07, 6.45) is 5.68. The van der Waals surface area contributed by atoms with E-state index in [2.05, 4.69) is 10.3 Å². The van der Waals surface area contributed by atoms with Crippen molar-refractivity contribution in [1.29, 1.82) is 0 Å². The number of amides is 2. The lowest BCUT2D eigenvalue weighted by Gasteiger charge is -2.23. The van der Waals surface area contributed by atoms with Gasteiger partial charge in [-0.2, -0.15) is 0 Å². The first-order valence-electron chi connectivity index (χ1n) is 8.85. The summed E-state index contributed by atoms with van der Waals surface area (Å²) < 4.78 is 0. The standard InChI is InChI=1S/C20H23N3O2S/c1-15-21-17(14-26-15)9-10-19(24)22-18(13-16-7-3-2-4-8-16)20(25)23-11-5-6-12-23/h2-4,7-10,14,18H,5-6,11-13H2,1H3,(H,22,24)/b10-9+/t18-/m0/s1. The van der Waals surface area contributed by atoms with Gasteiger partial charge < -0.3 is 10.2 Å². The molecule has 1 aromatic carbocycles. The average molecular weight is 369 g/mol. The Morgan fingerprint density at radius 3 is 2.65 bits per heavy atom. The molecule has 6 heteroatoms. The summed E-state index contributed by atoms with van der Waals surface area (Å²) in [7, 11) is 0. The van der Waals surface area contributed by atoms with Crippen LogP contribution in [0.2, 0.25) is 0 Å². The molecule has 1 saturated heterocycles. The van der Waals surface area contributed by atoms with Gasteiger partial charge in [-0.1, -0.05) is 30.3 Å².